The van der Waals surface area contributed by atoms with Gasteiger partial charge in [-0.25, -0.2) is 9.97 Å². The molecule has 2 N–H and O–H groups in total. The molecule has 0 bridgehead atoms. The van der Waals surface area contributed by atoms with Gasteiger partial charge in [0, 0.05) is 5.69 Å². The molecule has 0 saturated carbocycles. The summed E-state index contributed by atoms with van der Waals surface area (Å²) in [7, 11) is 0. The van der Waals surface area contributed by atoms with Crippen molar-refractivity contribution in [1.82, 2.24) is 9.97 Å². The molecule has 4 heteroatoms. The van der Waals surface area contributed by atoms with E-state index in [0.29, 0.717) is 11.9 Å². The van der Waals surface area contributed by atoms with Crippen molar-refractivity contribution < 1.29 is 0 Å². The van der Waals surface area contributed by atoms with Gasteiger partial charge >= 0.3 is 0 Å². The Morgan fingerprint density at radius 2 is 2.19 bits per heavy atom. The van der Waals surface area contributed by atoms with Crippen LogP contribution in [0.5, 0.6) is 0 Å². The standard InChI is InChI=1S/C12H15N3S/c1-8(2)6-9-7-10(15-12(13)14-9)11-4-3-5-16-11/h3-5,7-8H,6H2,1-2H3,(H2,13,14,15). The smallest absolute Gasteiger partial charge is 0.220 e. The van der Waals surface area contributed by atoms with Crippen molar-refractivity contribution in [1.29, 1.82) is 0 Å². The minimum absolute atomic E-state index is 0.363. The summed E-state index contributed by atoms with van der Waals surface area (Å²) in [5, 5.41) is 2.04. The quantitative estimate of drug-likeness (QED) is 0.886. The lowest BCUT2D eigenvalue weighted by Gasteiger charge is -2.06. The molecular formula is C12H15N3S. The van der Waals surface area contributed by atoms with Gasteiger partial charge in [0.2, 0.25) is 5.95 Å². The molecule has 84 valence electrons. The number of anilines is 1. The number of nitrogens with zero attached hydrogens (tertiary/aromatic N) is 2. The van der Waals surface area contributed by atoms with E-state index in [9.17, 15) is 0 Å². The van der Waals surface area contributed by atoms with Gasteiger partial charge in [0.05, 0.1) is 10.6 Å². The van der Waals surface area contributed by atoms with Crippen molar-refractivity contribution in [3.8, 4) is 10.6 Å². The minimum atomic E-state index is 0.363. The highest BCUT2D eigenvalue weighted by Gasteiger charge is 2.07. The number of nitrogen functional groups attached to an aromatic ring is 1. The van der Waals surface area contributed by atoms with Crippen molar-refractivity contribution in [2.75, 3.05) is 5.73 Å². The average molecular weight is 233 g/mol. The van der Waals surface area contributed by atoms with Gasteiger partial charge < -0.3 is 5.73 Å². The summed E-state index contributed by atoms with van der Waals surface area (Å²) < 4.78 is 0. The van der Waals surface area contributed by atoms with E-state index in [2.05, 4.69) is 23.8 Å². The number of aromatic nitrogens is 2. The summed E-state index contributed by atoms with van der Waals surface area (Å²) in [6, 6.07) is 6.09. The van der Waals surface area contributed by atoms with Gasteiger partial charge in [-0.05, 0) is 29.9 Å². The molecule has 0 aliphatic rings. The highest BCUT2D eigenvalue weighted by Crippen LogP contribution is 2.24. The maximum Gasteiger partial charge on any atom is 0.220 e. The lowest BCUT2D eigenvalue weighted by Crippen LogP contribution is -2.03. The van der Waals surface area contributed by atoms with Crippen LogP contribution in [0.25, 0.3) is 10.6 Å². The van der Waals surface area contributed by atoms with Crippen LogP contribution in [0.1, 0.15) is 19.5 Å². The Morgan fingerprint density at radius 1 is 1.38 bits per heavy atom. The van der Waals surface area contributed by atoms with Crippen LogP contribution in [0.3, 0.4) is 0 Å². The second-order valence-electron chi connectivity index (χ2n) is 4.18. The molecule has 3 nitrogen and oxygen atoms in total. The second kappa shape index (κ2) is 4.61. The summed E-state index contributed by atoms with van der Waals surface area (Å²) in [6.07, 6.45) is 0.936. The maximum absolute atomic E-state index is 5.72. The van der Waals surface area contributed by atoms with Crippen LogP contribution < -0.4 is 5.73 Å². The summed E-state index contributed by atoms with van der Waals surface area (Å²) in [5.41, 5.74) is 7.67. The normalized spacial score (nSPS) is 10.9. The lowest BCUT2D eigenvalue weighted by molar-refractivity contribution is 0.635. The molecule has 2 aromatic heterocycles. The maximum atomic E-state index is 5.72. The molecule has 0 unspecified atom stereocenters. The van der Waals surface area contributed by atoms with Crippen LogP contribution in [0.2, 0.25) is 0 Å². The first-order chi connectivity index (χ1) is 7.65. The van der Waals surface area contributed by atoms with E-state index < -0.39 is 0 Å². The van der Waals surface area contributed by atoms with E-state index in [4.69, 9.17) is 5.73 Å². The topological polar surface area (TPSA) is 51.8 Å². The second-order valence-corrected chi connectivity index (χ2v) is 5.13. The molecule has 0 saturated heterocycles. The van der Waals surface area contributed by atoms with E-state index in [1.54, 1.807) is 11.3 Å². The fraction of sp³-hybridized carbons (Fsp3) is 0.333. The highest BCUT2D eigenvalue weighted by atomic mass is 32.1. The van der Waals surface area contributed by atoms with Crippen molar-refractivity contribution in [3.05, 3.63) is 29.3 Å². The fourth-order valence-electron chi connectivity index (χ4n) is 1.59. The summed E-state index contributed by atoms with van der Waals surface area (Å²) in [6.45, 7) is 4.34. The van der Waals surface area contributed by atoms with E-state index in [0.717, 1.165) is 22.7 Å². The number of hydrogen-bond donors (Lipinski definition) is 1. The van der Waals surface area contributed by atoms with Crippen LogP contribution in [0.4, 0.5) is 5.95 Å². The van der Waals surface area contributed by atoms with Crippen molar-refractivity contribution in [2.45, 2.75) is 20.3 Å². The Balaban J connectivity index is 2.36. The molecule has 0 aromatic carbocycles. The SMILES string of the molecule is CC(C)Cc1cc(-c2cccs2)nc(N)n1. The van der Waals surface area contributed by atoms with Gasteiger partial charge in [0.15, 0.2) is 0 Å². The van der Waals surface area contributed by atoms with E-state index in [1.807, 2.05) is 23.6 Å². The zero-order valence-electron chi connectivity index (χ0n) is 9.47. The fourth-order valence-corrected chi connectivity index (χ4v) is 2.28. The molecule has 0 aliphatic carbocycles. The Hall–Kier alpha value is -1.42. The molecule has 0 aliphatic heterocycles. The zero-order chi connectivity index (χ0) is 11.5. The monoisotopic (exact) mass is 233 g/mol. The zero-order valence-corrected chi connectivity index (χ0v) is 10.3. The van der Waals surface area contributed by atoms with Crippen LogP contribution in [0.15, 0.2) is 23.6 Å². The molecule has 0 fully saturated rings. The molecule has 0 atom stereocenters. The van der Waals surface area contributed by atoms with Gasteiger partial charge in [-0.1, -0.05) is 19.9 Å². The first kappa shape index (κ1) is 11.1. The van der Waals surface area contributed by atoms with Crippen LogP contribution in [0, 0.1) is 5.92 Å². The van der Waals surface area contributed by atoms with Gasteiger partial charge in [0.25, 0.3) is 0 Å². The van der Waals surface area contributed by atoms with Gasteiger partial charge in [-0.15, -0.1) is 11.3 Å². The molecular weight excluding hydrogens is 218 g/mol. The third-order valence-corrected chi connectivity index (χ3v) is 3.08. The van der Waals surface area contributed by atoms with Crippen LogP contribution >= 0.6 is 11.3 Å². The van der Waals surface area contributed by atoms with E-state index in [-0.39, 0.29) is 0 Å². The predicted octanol–water partition coefficient (Wildman–Crippen LogP) is 2.99. The molecule has 0 radical (unpaired) electrons. The van der Waals surface area contributed by atoms with Crippen molar-refractivity contribution >= 4 is 17.3 Å². The molecule has 0 spiro atoms. The number of thiophene rings is 1. The van der Waals surface area contributed by atoms with Crippen LogP contribution in [-0.2, 0) is 6.42 Å². The first-order valence-corrected chi connectivity index (χ1v) is 6.20. The van der Waals surface area contributed by atoms with Crippen molar-refractivity contribution in [2.24, 2.45) is 5.92 Å². The molecule has 2 heterocycles. The number of hydrogen-bond acceptors (Lipinski definition) is 4. The first-order valence-electron chi connectivity index (χ1n) is 5.32. The molecule has 2 aromatic rings. The third-order valence-electron chi connectivity index (χ3n) is 2.19. The predicted molar refractivity (Wildman–Crippen MR) is 68.3 cm³/mol. The summed E-state index contributed by atoms with van der Waals surface area (Å²) >= 11 is 1.67. The van der Waals surface area contributed by atoms with E-state index in [1.165, 1.54) is 0 Å². The molecule has 2 rings (SSSR count). The lowest BCUT2D eigenvalue weighted by atomic mass is 10.1. The Labute approximate surface area is 99.4 Å². The Morgan fingerprint density at radius 3 is 2.81 bits per heavy atom. The minimum Gasteiger partial charge on any atom is -0.368 e. The summed E-state index contributed by atoms with van der Waals surface area (Å²) in [5.74, 6) is 0.937. The largest absolute Gasteiger partial charge is 0.368 e. The average Bonchev–Trinajstić information content (AvgIpc) is 2.67. The van der Waals surface area contributed by atoms with Gasteiger partial charge in [0.1, 0.15) is 0 Å². The third kappa shape index (κ3) is 2.58. The number of rotatable bonds is 3. The van der Waals surface area contributed by atoms with Crippen LogP contribution in [-0.4, -0.2) is 9.97 Å². The van der Waals surface area contributed by atoms with Gasteiger partial charge in [-0.3, -0.25) is 0 Å². The molecule has 0 amide bonds. The highest BCUT2D eigenvalue weighted by molar-refractivity contribution is 7.13. The van der Waals surface area contributed by atoms with Crippen molar-refractivity contribution in [3.63, 3.8) is 0 Å². The van der Waals surface area contributed by atoms with E-state index >= 15 is 0 Å². The van der Waals surface area contributed by atoms with Gasteiger partial charge in [-0.2, -0.15) is 0 Å². The Kier molecular flexibility index (Phi) is 3.19. The Bertz CT molecular complexity index is 463. The molecule has 16 heavy (non-hydrogen) atoms. The summed E-state index contributed by atoms with van der Waals surface area (Å²) in [4.78, 5) is 9.65. The number of nitrogens with two attached hydrogens (primary N) is 1.